The fraction of sp³-hybridized carbons (Fsp3) is 0.516. The van der Waals surface area contributed by atoms with Gasteiger partial charge in [0.25, 0.3) is 0 Å². The van der Waals surface area contributed by atoms with Crippen LogP contribution in [0.4, 0.5) is 0 Å². The molecule has 0 amide bonds. The molecule has 3 aliphatic carbocycles. The van der Waals surface area contributed by atoms with Crippen LogP contribution in [-0.4, -0.2) is 5.97 Å². The van der Waals surface area contributed by atoms with E-state index in [1.54, 1.807) is 6.07 Å². The summed E-state index contributed by atoms with van der Waals surface area (Å²) < 4.78 is 5.62. The van der Waals surface area contributed by atoms with Crippen molar-refractivity contribution in [3.63, 3.8) is 0 Å². The second-order valence-corrected chi connectivity index (χ2v) is 10.7. The van der Waals surface area contributed by atoms with Gasteiger partial charge in [0.15, 0.2) is 0 Å². The number of esters is 1. The molecule has 0 atom stereocenters. The maximum Gasteiger partial charge on any atom is 0.343 e. The number of hydrogen-bond donors (Lipinski definition) is 0. The number of benzene rings is 2. The molecule has 3 fully saturated rings. The first-order valence-corrected chi connectivity index (χ1v) is 13.3. The van der Waals surface area contributed by atoms with Crippen LogP contribution >= 0.6 is 0 Å². The van der Waals surface area contributed by atoms with Crippen molar-refractivity contribution in [2.24, 2.45) is 5.41 Å². The van der Waals surface area contributed by atoms with Gasteiger partial charge in [0.1, 0.15) is 23.5 Å². The summed E-state index contributed by atoms with van der Waals surface area (Å²) in [5, 5.41) is 19.4. The Kier molecular flexibility index (Phi) is 7.61. The molecule has 3 aliphatic rings. The summed E-state index contributed by atoms with van der Waals surface area (Å²) in [4.78, 5) is 12.9. The SMILES string of the molecule is CCCCCc1ccc(OC(=O)c2ccc(C34CCC(CCC)(CC3)CC4)cc2)c(C#N)c1C#N. The summed E-state index contributed by atoms with van der Waals surface area (Å²) in [5.41, 5.74) is 3.92. The average Bonchev–Trinajstić information content (AvgIpc) is 2.90. The number of nitrogens with zero attached hydrogens (tertiary/aromatic N) is 2. The van der Waals surface area contributed by atoms with Gasteiger partial charge in [0.2, 0.25) is 0 Å². The van der Waals surface area contributed by atoms with E-state index in [-0.39, 0.29) is 16.7 Å². The molecule has 0 heterocycles. The fourth-order valence-corrected chi connectivity index (χ4v) is 6.44. The van der Waals surface area contributed by atoms with Crippen molar-refractivity contribution in [1.29, 1.82) is 10.5 Å². The standard InChI is InChI=1S/C31H36N2O2/c1-3-5-6-7-23-10-13-28(27(22-33)26(23)21-32)35-29(34)24-8-11-25(12-9-24)31-18-15-30(14-4-2,16-19-31)17-20-31/h8-13H,3-7,14-20H2,1-2H3. The van der Waals surface area contributed by atoms with E-state index in [1.165, 1.54) is 56.9 Å². The van der Waals surface area contributed by atoms with Crippen LogP contribution in [-0.2, 0) is 11.8 Å². The van der Waals surface area contributed by atoms with E-state index < -0.39 is 5.97 Å². The topological polar surface area (TPSA) is 73.9 Å². The van der Waals surface area contributed by atoms with Crippen molar-refractivity contribution < 1.29 is 9.53 Å². The fourth-order valence-electron chi connectivity index (χ4n) is 6.44. The Balaban J connectivity index is 1.48. The second-order valence-electron chi connectivity index (χ2n) is 10.7. The van der Waals surface area contributed by atoms with Crippen LogP contribution in [0.25, 0.3) is 0 Å². The van der Waals surface area contributed by atoms with Gasteiger partial charge in [-0.05, 0) is 97.9 Å². The van der Waals surface area contributed by atoms with Gasteiger partial charge in [-0.15, -0.1) is 0 Å². The summed E-state index contributed by atoms with van der Waals surface area (Å²) >= 11 is 0. The van der Waals surface area contributed by atoms with Crippen LogP contribution in [0.1, 0.15) is 117 Å². The number of carbonyl (C=O) groups is 1. The molecular weight excluding hydrogens is 432 g/mol. The minimum absolute atomic E-state index is 0.144. The first kappa shape index (κ1) is 25.0. The van der Waals surface area contributed by atoms with Gasteiger partial charge in [-0.25, -0.2) is 4.79 Å². The van der Waals surface area contributed by atoms with Gasteiger partial charge in [-0.3, -0.25) is 0 Å². The van der Waals surface area contributed by atoms with Gasteiger partial charge in [-0.2, -0.15) is 10.5 Å². The third-order valence-corrected chi connectivity index (χ3v) is 8.64. The Hall–Kier alpha value is -3.11. The van der Waals surface area contributed by atoms with E-state index >= 15 is 0 Å². The largest absolute Gasteiger partial charge is 0.421 e. The molecule has 4 nitrogen and oxygen atoms in total. The Morgan fingerprint density at radius 1 is 0.857 bits per heavy atom. The third kappa shape index (κ3) is 4.99. The van der Waals surface area contributed by atoms with Crippen molar-refractivity contribution in [1.82, 2.24) is 0 Å². The quantitative estimate of drug-likeness (QED) is 0.214. The van der Waals surface area contributed by atoms with E-state index in [0.29, 0.717) is 16.5 Å². The minimum atomic E-state index is -0.498. The molecule has 2 bridgehead atoms. The lowest BCUT2D eigenvalue weighted by atomic mass is 9.51. The van der Waals surface area contributed by atoms with Gasteiger partial charge in [-0.1, -0.05) is 51.3 Å². The smallest absolute Gasteiger partial charge is 0.343 e. The molecule has 2 aromatic rings. The highest BCUT2D eigenvalue weighted by Gasteiger charge is 2.48. The lowest BCUT2D eigenvalue weighted by Gasteiger charge is -2.54. The zero-order chi connectivity index (χ0) is 24.9. The number of fused-ring (bicyclic) bond motifs is 3. The van der Waals surface area contributed by atoms with Crippen LogP contribution < -0.4 is 4.74 Å². The summed E-state index contributed by atoms with van der Waals surface area (Å²) in [6.45, 7) is 4.43. The normalized spacial score (nSPS) is 22.9. The average molecular weight is 469 g/mol. The zero-order valence-corrected chi connectivity index (χ0v) is 21.2. The molecule has 0 unspecified atom stereocenters. The van der Waals surface area contributed by atoms with Crippen LogP contribution in [0.3, 0.4) is 0 Å². The van der Waals surface area contributed by atoms with E-state index in [2.05, 4.69) is 38.1 Å². The van der Waals surface area contributed by atoms with E-state index in [4.69, 9.17) is 4.74 Å². The minimum Gasteiger partial charge on any atom is -0.421 e. The van der Waals surface area contributed by atoms with Gasteiger partial charge >= 0.3 is 5.97 Å². The van der Waals surface area contributed by atoms with E-state index in [0.717, 1.165) is 31.2 Å². The van der Waals surface area contributed by atoms with Gasteiger partial charge in [0.05, 0.1) is 11.1 Å². The number of aryl methyl sites for hydroxylation is 1. The lowest BCUT2D eigenvalue weighted by Crippen LogP contribution is -2.44. The highest BCUT2D eigenvalue weighted by atomic mass is 16.5. The number of hydrogen-bond acceptors (Lipinski definition) is 4. The van der Waals surface area contributed by atoms with E-state index in [1.807, 2.05) is 18.2 Å². The zero-order valence-electron chi connectivity index (χ0n) is 21.2. The molecule has 4 heteroatoms. The van der Waals surface area contributed by atoms with Crippen LogP contribution in [0.15, 0.2) is 36.4 Å². The lowest BCUT2D eigenvalue weighted by molar-refractivity contribution is 0.0320. The molecule has 35 heavy (non-hydrogen) atoms. The first-order valence-electron chi connectivity index (χ1n) is 13.3. The van der Waals surface area contributed by atoms with Gasteiger partial charge in [0, 0.05) is 0 Å². The number of ether oxygens (including phenoxy) is 1. The predicted molar refractivity (Wildman–Crippen MR) is 137 cm³/mol. The van der Waals surface area contributed by atoms with Crippen LogP contribution in [0, 0.1) is 28.1 Å². The Bertz CT molecular complexity index is 1130. The highest BCUT2D eigenvalue weighted by molar-refractivity contribution is 5.91. The molecular formula is C31H36N2O2. The third-order valence-electron chi connectivity index (χ3n) is 8.64. The molecule has 0 saturated heterocycles. The number of carbonyl (C=O) groups excluding carboxylic acids is 1. The first-order chi connectivity index (χ1) is 17.0. The number of rotatable bonds is 9. The molecule has 2 aromatic carbocycles. The van der Waals surface area contributed by atoms with Crippen molar-refractivity contribution in [2.75, 3.05) is 0 Å². The summed E-state index contributed by atoms with van der Waals surface area (Å²) in [7, 11) is 0. The molecule has 0 aliphatic heterocycles. The summed E-state index contributed by atoms with van der Waals surface area (Å²) in [5.74, 6) is -0.342. The Labute approximate surface area is 209 Å². The molecule has 0 spiro atoms. The maximum absolute atomic E-state index is 12.9. The number of nitriles is 2. The summed E-state index contributed by atoms with van der Waals surface area (Å²) in [6.07, 6.45) is 14.2. The molecule has 182 valence electrons. The van der Waals surface area contributed by atoms with Crippen molar-refractivity contribution in [3.8, 4) is 17.9 Å². The second kappa shape index (κ2) is 10.7. The monoisotopic (exact) mass is 468 g/mol. The highest BCUT2D eigenvalue weighted by Crippen LogP contribution is 2.59. The maximum atomic E-state index is 12.9. The molecule has 5 rings (SSSR count). The molecule has 3 saturated carbocycles. The van der Waals surface area contributed by atoms with Crippen LogP contribution in [0.2, 0.25) is 0 Å². The summed E-state index contributed by atoms with van der Waals surface area (Å²) in [6, 6.07) is 15.6. The van der Waals surface area contributed by atoms with Gasteiger partial charge < -0.3 is 4.74 Å². The van der Waals surface area contributed by atoms with Crippen LogP contribution in [0.5, 0.6) is 5.75 Å². The molecule has 0 aromatic heterocycles. The van der Waals surface area contributed by atoms with Crippen molar-refractivity contribution in [2.45, 2.75) is 96.3 Å². The molecule has 0 N–H and O–H groups in total. The van der Waals surface area contributed by atoms with Crippen molar-refractivity contribution >= 4 is 5.97 Å². The predicted octanol–water partition coefficient (Wildman–Crippen LogP) is 7.77. The van der Waals surface area contributed by atoms with Crippen molar-refractivity contribution in [3.05, 3.63) is 64.2 Å². The Morgan fingerprint density at radius 2 is 1.51 bits per heavy atom. The number of unbranched alkanes of at least 4 members (excludes halogenated alkanes) is 2. The Morgan fingerprint density at radius 3 is 2.09 bits per heavy atom. The van der Waals surface area contributed by atoms with E-state index in [9.17, 15) is 15.3 Å². The molecule has 0 radical (unpaired) electrons.